The van der Waals surface area contributed by atoms with Crippen molar-refractivity contribution in [2.45, 2.75) is 263 Å². The van der Waals surface area contributed by atoms with Gasteiger partial charge in [-0.15, -0.1) is 0 Å². The maximum Gasteiger partial charge on any atom is 0.335 e. The third-order valence-electron chi connectivity index (χ3n) is 13.2. The fourth-order valence-electron chi connectivity index (χ4n) is 8.52. The number of unbranched alkanes of at least 4 members (excludes halogenated alkanes) is 16. The summed E-state index contributed by atoms with van der Waals surface area (Å²) in [6.07, 6.45) is 65.8. The van der Waals surface area contributed by atoms with Gasteiger partial charge in [0.2, 0.25) is 0 Å². The van der Waals surface area contributed by atoms with E-state index in [1.807, 2.05) is 18.2 Å². The van der Waals surface area contributed by atoms with Gasteiger partial charge in [0.15, 0.2) is 24.6 Å². The minimum absolute atomic E-state index is 0.0349. The molecular weight excluding hydrogens is 1020 g/mol. The molecule has 3 N–H and O–H groups in total. The molecule has 1 heterocycles. The fourth-order valence-corrected chi connectivity index (χ4v) is 8.52. The lowest BCUT2D eigenvalue weighted by Gasteiger charge is -2.40. The molecule has 0 spiro atoms. The average Bonchev–Trinajstić information content (AvgIpc) is 3.53. The number of carbonyl (C=O) groups excluding carboxylic acids is 3. The summed E-state index contributed by atoms with van der Waals surface area (Å²) in [5.74, 6) is -3.35. The molecule has 0 aromatic heterocycles. The van der Waals surface area contributed by atoms with Crippen LogP contribution in [0.5, 0.6) is 0 Å². The smallest absolute Gasteiger partial charge is 0.335 e. The van der Waals surface area contributed by atoms with E-state index >= 15 is 0 Å². The zero-order chi connectivity index (χ0) is 58.9. The van der Waals surface area contributed by atoms with Crippen LogP contribution in [-0.2, 0) is 42.9 Å². The van der Waals surface area contributed by atoms with Crippen molar-refractivity contribution in [1.29, 1.82) is 0 Å². The first-order valence-electron chi connectivity index (χ1n) is 31.2. The Balaban J connectivity index is 2.75. The van der Waals surface area contributed by atoms with Crippen LogP contribution in [0.4, 0.5) is 0 Å². The highest BCUT2D eigenvalue weighted by atomic mass is 16.7. The highest BCUT2D eigenvalue weighted by Gasteiger charge is 2.50. The largest absolute Gasteiger partial charge is 0.479 e. The molecule has 12 nitrogen and oxygen atoms in total. The summed E-state index contributed by atoms with van der Waals surface area (Å²) in [5.41, 5.74) is 0. The Morgan fingerprint density at radius 3 is 1.27 bits per heavy atom. The first kappa shape index (κ1) is 73.9. The van der Waals surface area contributed by atoms with Crippen molar-refractivity contribution in [1.82, 2.24) is 0 Å². The highest BCUT2D eigenvalue weighted by Crippen LogP contribution is 2.26. The number of hydrogen-bond donors (Lipinski definition) is 3. The molecule has 0 saturated carbocycles. The van der Waals surface area contributed by atoms with E-state index in [2.05, 4.69) is 130 Å². The summed E-state index contributed by atoms with van der Waals surface area (Å²) in [7, 11) is 0. The topological polar surface area (TPSA) is 175 Å². The number of ether oxygens (including phenoxy) is 5. The predicted molar refractivity (Wildman–Crippen MR) is 330 cm³/mol. The zero-order valence-corrected chi connectivity index (χ0v) is 50.2. The fraction of sp³-hybridized carbons (Fsp3) is 0.623. The van der Waals surface area contributed by atoms with Crippen LogP contribution in [0.25, 0.3) is 0 Å². The molecular formula is C69H108O12. The second-order valence-electron chi connectivity index (χ2n) is 20.6. The summed E-state index contributed by atoms with van der Waals surface area (Å²) in [6, 6.07) is 0. The molecule has 1 aliphatic heterocycles. The van der Waals surface area contributed by atoms with Crippen molar-refractivity contribution in [3.63, 3.8) is 0 Å². The molecule has 1 fully saturated rings. The monoisotopic (exact) mass is 1130 g/mol. The number of carboxylic acids is 1. The Morgan fingerprint density at radius 2 is 0.815 bits per heavy atom. The molecule has 1 aliphatic rings. The molecule has 81 heavy (non-hydrogen) atoms. The number of hydrogen-bond acceptors (Lipinski definition) is 11. The van der Waals surface area contributed by atoms with Crippen LogP contribution in [0.1, 0.15) is 226 Å². The van der Waals surface area contributed by atoms with Gasteiger partial charge >= 0.3 is 23.9 Å². The van der Waals surface area contributed by atoms with Crippen molar-refractivity contribution < 1.29 is 58.2 Å². The van der Waals surface area contributed by atoms with Gasteiger partial charge in [0.25, 0.3) is 0 Å². The minimum Gasteiger partial charge on any atom is -0.479 e. The summed E-state index contributed by atoms with van der Waals surface area (Å²) >= 11 is 0. The third kappa shape index (κ3) is 45.1. The molecule has 6 unspecified atom stereocenters. The molecule has 0 amide bonds. The van der Waals surface area contributed by atoms with E-state index < -0.39 is 67.3 Å². The van der Waals surface area contributed by atoms with Gasteiger partial charge in [0, 0.05) is 12.8 Å². The number of allylic oxidation sites excluding steroid dienone is 21. The second-order valence-corrected chi connectivity index (χ2v) is 20.6. The molecule has 0 radical (unpaired) electrons. The molecule has 0 aliphatic carbocycles. The number of aliphatic hydroxyl groups excluding tert-OH is 2. The Bertz CT molecular complexity index is 1920. The van der Waals surface area contributed by atoms with Gasteiger partial charge in [-0.1, -0.05) is 225 Å². The number of rotatable bonds is 51. The molecule has 456 valence electrons. The van der Waals surface area contributed by atoms with Crippen LogP contribution >= 0.6 is 0 Å². The lowest BCUT2D eigenvalue weighted by molar-refractivity contribution is -0.301. The van der Waals surface area contributed by atoms with Crippen LogP contribution in [0, 0.1) is 0 Å². The Labute approximate surface area is 490 Å². The van der Waals surface area contributed by atoms with E-state index in [4.69, 9.17) is 23.7 Å². The molecule has 6 atom stereocenters. The number of carboxylic acid groups (broad SMARTS) is 1. The highest BCUT2D eigenvalue weighted by molar-refractivity contribution is 5.74. The molecule has 0 bridgehead atoms. The standard InChI is InChI=1S/C69H108O12/c1-4-7-10-13-16-19-22-25-28-30-31-33-35-37-40-43-46-49-52-55-61(70)77-58-60(79-62(71)56-53-50-47-44-41-38-34-27-24-21-18-15-12-9-6-3)59-78-69-67(65(74)64(73)66(81-69)68(75)76)80-63(72)57-54-51-48-45-42-39-36-32-29-26-23-20-17-14-11-8-5-2/h7,9-10,12,16,18-19,21,25-29,31,33-34,37,40-41,44,50,53,60,64-67,69,73-74H,4-6,8,11,13-15,17,20,22-24,30,32,35-36,38-39,42-43,45-49,51-52,54-59H2,1-3H3,(H,75,76)/b10-7-,12-9-,19-16-,21-18-,28-25-,29-26-,33-31-,34-27-,40-37-,44-41-,53-50-. The lowest BCUT2D eigenvalue weighted by atomic mass is 9.98. The number of aliphatic hydroxyl groups is 2. The van der Waals surface area contributed by atoms with Gasteiger partial charge in [-0.05, 0) is 116 Å². The van der Waals surface area contributed by atoms with Gasteiger partial charge in [-0.25, -0.2) is 4.79 Å². The van der Waals surface area contributed by atoms with Crippen molar-refractivity contribution in [3.8, 4) is 0 Å². The second kappa shape index (κ2) is 55.4. The summed E-state index contributed by atoms with van der Waals surface area (Å²) in [5, 5.41) is 31.5. The summed E-state index contributed by atoms with van der Waals surface area (Å²) in [4.78, 5) is 51.2. The van der Waals surface area contributed by atoms with E-state index in [1.54, 1.807) is 6.08 Å². The molecule has 0 aromatic carbocycles. The quantitative estimate of drug-likeness (QED) is 0.0228. The normalized spacial score (nSPS) is 18.7. The minimum atomic E-state index is -1.93. The Hall–Kier alpha value is -5.14. The molecule has 1 rings (SSSR count). The maximum atomic E-state index is 13.1. The van der Waals surface area contributed by atoms with E-state index in [9.17, 15) is 34.5 Å². The van der Waals surface area contributed by atoms with Crippen LogP contribution in [0.2, 0.25) is 0 Å². The van der Waals surface area contributed by atoms with Crippen LogP contribution < -0.4 is 0 Å². The van der Waals surface area contributed by atoms with Crippen molar-refractivity contribution >= 4 is 23.9 Å². The SMILES string of the molecule is CC/C=C\C/C=C\C/C=C\C/C=C\C/C=C\CCCCCC(=O)OCC(COC1OC(C(=O)O)C(O)C(O)C1OC(=O)CCCCCCCCC/C=C\CCCCCCCC)OC(=O)C/C=C\C/C=C\C/C=C\C/C=C\C/C=C\CC. The molecule has 12 heteroatoms. The van der Waals surface area contributed by atoms with Crippen LogP contribution in [0.15, 0.2) is 134 Å². The maximum absolute atomic E-state index is 13.1. The van der Waals surface area contributed by atoms with E-state index in [-0.39, 0.29) is 25.9 Å². The van der Waals surface area contributed by atoms with Crippen molar-refractivity contribution in [2.24, 2.45) is 0 Å². The van der Waals surface area contributed by atoms with Gasteiger partial charge in [0.05, 0.1) is 13.0 Å². The van der Waals surface area contributed by atoms with Crippen molar-refractivity contribution in [2.75, 3.05) is 13.2 Å². The third-order valence-corrected chi connectivity index (χ3v) is 13.2. The number of aliphatic carboxylic acids is 1. The number of esters is 3. The van der Waals surface area contributed by atoms with Crippen LogP contribution in [0.3, 0.4) is 0 Å². The van der Waals surface area contributed by atoms with Gasteiger partial charge in [-0.2, -0.15) is 0 Å². The van der Waals surface area contributed by atoms with Crippen molar-refractivity contribution in [3.05, 3.63) is 134 Å². The van der Waals surface area contributed by atoms with Crippen LogP contribution in [-0.4, -0.2) is 89.2 Å². The molecule has 0 aromatic rings. The molecule has 1 saturated heterocycles. The van der Waals surface area contributed by atoms with Gasteiger partial charge < -0.3 is 39.0 Å². The summed E-state index contributed by atoms with van der Waals surface area (Å²) < 4.78 is 28.3. The zero-order valence-electron chi connectivity index (χ0n) is 50.2. The average molecular weight is 1130 g/mol. The van der Waals surface area contributed by atoms with E-state index in [0.29, 0.717) is 19.3 Å². The Kier molecular flexibility index (Phi) is 50.5. The van der Waals surface area contributed by atoms with E-state index in [1.165, 1.54) is 38.5 Å². The van der Waals surface area contributed by atoms with Gasteiger partial charge in [0.1, 0.15) is 18.8 Å². The lowest BCUT2D eigenvalue weighted by Crippen LogP contribution is -2.61. The first-order chi connectivity index (χ1) is 39.6. The van der Waals surface area contributed by atoms with Gasteiger partial charge in [-0.3, -0.25) is 14.4 Å². The number of carbonyl (C=O) groups is 4. The van der Waals surface area contributed by atoms with E-state index in [0.717, 1.165) is 128 Å². The first-order valence-corrected chi connectivity index (χ1v) is 31.2. The summed E-state index contributed by atoms with van der Waals surface area (Å²) in [6.45, 7) is 5.64. The Morgan fingerprint density at radius 1 is 0.432 bits per heavy atom. The predicted octanol–water partition coefficient (Wildman–Crippen LogP) is 16.6.